The Balaban J connectivity index is 2.11. The van der Waals surface area contributed by atoms with Gasteiger partial charge in [-0.3, -0.25) is 4.68 Å². The van der Waals surface area contributed by atoms with Gasteiger partial charge in [0.25, 0.3) is 0 Å². The average Bonchev–Trinajstić information content (AvgIpc) is 2.86. The van der Waals surface area contributed by atoms with Crippen LogP contribution in [0.2, 0.25) is 0 Å². The molecule has 0 aliphatic carbocycles. The molecule has 2 rings (SSSR count). The first kappa shape index (κ1) is 15.2. The highest BCUT2D eigenvalue weighted by atomic mass is 16.5. The molecule has 1 aromatic heterocycles. The fourth-order valence-electron chi connectivity index (χ4n) is 2.62. The number of aliphatic hydroxyl groups is 2. The number of nitrogens with zero attached hydrogens (tertiary/aromatic N) is 3. The van der Waals surface area contributed by atoms with E-state index in [1.54, 1.807) is 7.11 Å². The van der Waals surface area contributed by atoms with Crippen molar-refractivity contribution in [1.29, 1.82) is 0 Å². The monoisotopic (exact) mass is 284 g/mol. The molecule has 1 aliphatic heterocycles. The molecule has 7 heteroatoms. The quantitative estimate of drug-likeness (QED) is 0.582. The number of anilines is 1. The second-order valence-corrected chi connectivity index (χ2v) is 5.22. The number of hydrogen-bond donors (Lipinski definition) is 3. The Morgan fingerprint density at radius 3 is 2.60 bits per heavy atom. The van der Waals surface area contributed by atoms with E-state index in [0.717, 1.165) is 23.6 Å². The van der Waals surface area contributed by atoms with Gasteiger partial charge in [0, 0.05) is 45.9 Å². The van der Waals surface area contributed by atoms with Crippen molar-refractivity contribution in [1.82, 2.24) is 15.1 Å². The smallest absolute Gasteiger partial charge is 0.131 e. The highest BCUT2D eigenvalue weighted by Gasteiger charge is 2.32. The van der Waals surface area contributed by atoms with Crippen molar-refractivity contribution >= 4 is 5.82 Å². The summed E-state index contributed by atoms with van der Waals surface area (Å²) in [7, 11) is 3.56. The minimum absolute atomic E-state index is 0.436. The van der Waals surface area contributed by atoms with Crippen molar-refractivity contribution in [3.8, 4) is 0 Å². The maximum Gasteiger partial charge on any atom is 0.131 e. The van der Waals surface area contributed by atoms with E-state index < -0.39 is 12.2 Å². The molecule has 1 saturated heterocycles. The molecule has 2 atom stereocenters. The van der Waals surface area contributed by atoms with Crippen molar-refractivity contribution in [3.05, 3.63) is 11.3 Å². The molecule has 2 heterocycles. The molecule has 0 amide bonds. The summed E-state index contributed by atoms with van der Waals surface area (Å²) in [5.74, 6) is 0.961. The molecule has 0 spiro atoms. The zero-order valence-corrected chi connectivity index (χ0v) is 12.3. The van der Waals surface area contributed by atoms with Crippen LogP contribution < -0.4 is 10.2 Å². The Morgan fingerprint density at radius 1 is 1.35 bits per heavy atom. The Labute approximate surface area is 119 Å². The third-order valence-electron chi connectivity index (χ3n) is 3.66. The molecule has 0 saturated carbocycles. The minimum atomic E-state index is -0.695. The van der Waals surface area contributed by atoms with E-state index in [9.17, 15) is 10.2 Å². The largest absolute Gasteiger partial charge is 0.389 e. The van der Waals surface area contributed by atoms with Gasteiger partial charge in [-0.05, 0) is 6.92 Å². The lowest BCUT2D eigenvalue weighted by atomic mass is 10.2. The number of β-amino-alcohol motifs (C(OH)–C–C–N with tert-alkyl or cyclic N) is 2. The van der Waals surface area contributed by atoms with Crippen molar-refractivity contribution in [2.24, 2.45) is 7.05 Å². The van der Waals surface area contributed by atoms with E-state index in [4.69, 9.17) is 4.74 Å². The summed E-state index contributed by atoms with van der Waals surface area (Å²) >= 11 is 0. The maximum atomic E-state index is 9.71. The van der Waals surface area contributed by atoms with E-state index in [1.807, 2.05) is 23.6 Å². The third-order valence-corrected chi connectivity index (χ3v) is 3.66. The predicted molar refractivity (Wildman–Crippen MR) is 75.8 cm³/mol. The summed E-state index contributed by atoms with van der Waals surface area (Å²) in [4.78, 5) is 1.99. The number of hydrogen-bond acceptors (Lipinski definition) is 6. The Kier molecular flexibility index (Phi) is 4.98. The second kappa shape index (κ2) is 6.53. The minimum Gasteiger partial charge on any atom is -0.389 e. The highest BCUT2D eigenvalue weighted by Crippen LogP contribution is 2.26. The Hall–Kier alpha value is -1.15. The van der Waals surface area contributed by atoms with Gasteiger partial charge in [0.2, 0.25) is 0 Å². The molecule has 7 nitrogen and oxygen atoms in total. The number of aryl methyl sites for hydroxylation is 2. The summed E-state index contributed by atoms with van der Waals surface area (Å²) in [6.07, 6.45) is -1.39. The van der Waals surface area contributed by atoms with Crippen molar-refractivity contribution in [3.63, 3.8) is 0 Å². The molecule has 0 radical (unpaired) electrons. The molecule has 3 N–H and O–H groups in total. The lowest BCUT2D eigenvalue weighted by molar-refractivity contribution is 0.0572. The summed E-state index contributed by atoms with van der Waals surface area (Å²) in [5, 5.41) is 27.2. The zero-order chi connectivity index (χ0) is 14.7. The van der Waals surface area contributed by atoms with Crippen molar-refractivity contribution in [2.75, 3.05) is 38.3 Å². The van der Waals surface area contributed by atoms with Gasteiger partial charge >= 0.3 is 0 Å². The number of ether oxygens (including phenoxy) is 1. The van der Waals surface area contributed by atoms with E-state index in [2.05, 4.69) is 10.4 Å². The second-order valence-electron chi connectivity index (χ2n) is 5.22. The lowest BCUT2D eigenvalue weighted by Crippen LogP contribution is -2.26. The first-order valence-corrected chi connectivity index (χ1v) is 6.87. The first-order chi connectivity index (χ1) is 9.54. The van der Waals surface area contributed by atoms with E-state index in [-0.39, 0.29) is 0 Å². The summed E-state index contributed by atoms with van der Waals surface area (Å²) in [5.41, 5.74) is 2.06. The van der Waals surface area contributed by atoms with Gasteiger partial charge in [-0.2, -0.15) is 5.10 Å². The SMILES string of the molecule is COCCNCc1c(C)nn(C)c1N1CC(O)C(O)C1. The van der Waals surface area contributed by atoms with Crippen LogP contribution in [0.25, 0.3) is 0 Å². The third kappa shape index (κ3) is 3.12. The normalized spacial score (nSPS) is 22.8. The van der Waals surface area contributed by atoms with Crippen LogP contribution in [-0.4, -0.2) is 65.6 Å². The van der Waals surface area contributed by atoms with E-state index >= 15 is 0 Å². The van der Waals surface area contributed by atoms with Gasteiger partial charge in [0.1, 0.15) is 5.82 Å². The van der Waals surface area contributed by atoms with Crippen LogP contribution in [-0.2, 0) is 18.3 Å². The number of aliphatic hydroxyl groups excluding tert-OH is 2. The molecule has 0 bridgehead atoms. The van der Waals surface area contributed by atoms with Gasteiger partial charge < -0.3 is 25.2 Å². The molecule has 20 heavy (non-hydrogen) atoms. The van der Waals surface area contributed by atoms with E-state index in [0.29, 0.717) is 26.2 Å². The summed E-state index contributed by atoms with van der Waals surface area (Å²) in [6, 6.07) is 0. The maximum absolute atomic E-state index is 9.71. The molecule has 1 aromatic rings. The standard InChI is InChI=1S/C13H24N4O3/c1-9-10(6-14-4-5-20-3)13(16(2)15-9)17-7-11(18)12(19)8-17/h11-12,14,18-19H,4-8H2,1-3H3. The number of rotatable bonds is 6. The molecular formula is C13H24N4O3. The Bertz CT molecular complexity index is 439. The fourth-order valence-corrected chi connectivity index (χ4v) is 2.62. The van der Waals surface area contributed by atoms with Crippen LogP contribution in [0.4, 0.5) is 5.82 Å². The van der Waals surface area contributed by atoms with Crippen LogP contribution in [0.1, 0.15) is 11.3 Å². The summed E-state index contributed by atoms with van der Waals surface area (Å²) < 4.78 is 6.83. The topological polar surface area (TPSA) is 82.8 Å². The van der Waals surface area contributed by atoms with Crippen LogP contribution in [0, 0.1) is 6.92 Å². The molecular weight excluding hydrogens is 260 g/mol. The highest BCUT2D eigenvalue weighted by molar-refractivity contribution is 5.51. The molecule has 1 aliphatic rings. The zero-order valence-electron chi connectivity index (χ0n) is 12.3. The number of methoxy groups -OCH3 is 1. The van der Waals surface area contributed by atoms with Crippen molar-refractivity contribution in [2.45, 2.75) is 25.7 Å². The van der Waals surface area contributed by atoms with Crippen LogP contribution in [0.15, 0.2) is 0 Å². The van der Waals surface area contributed by atoms with Gasteiger partial charge in [-0.25, -0.2) is 0 Å². The van der Waals surface area contributed by atoms with Crippen LogP contribution in [0.5, 0.6) is 0 Å². The summed E-state index contributed by atoms with van der Waals surface area (Å²) in [6.45, 7) is 4.97. The van der Waals surface area contributed by atoms with Crippen LogP contribution >= 0.6 is 0 Å². The molecule has 1 fully saturated rings. The molecule has 0 aromatic carbocycles. The number of aromatic nitrogens is 2. The first-order valence-electron chi connectivity index (χ1n) is 6.87. The van der Waals surface area contributed by atoms with E-state index in [1.165, 1.54) is 0 Å². The van der Waals surface area contributed by atoms with Gasteiger partial charge in [-0.15, -0.1) is 0 Å². The van der Waals surface area contributed by atoms with Gasteiger partial charge in [-0.1, -0.05) is 0 Å². The van der Waals surface area contributed by atoms with Crippen LogP contribution in [0.3, 0.4) is 0 Å². The van der Waals surface area contributed by atoms with Crippen molar-refractivity contribution < 1.29 is 14.9 Å². The Morgan fingerprint density at radius 2 is 2.00 bits per heavy atom. The average molecular weight is 284 g/mol. The fraction of sp³-hybridized carbons (Fsp3) is 0.769. The number of nitrogens with one attached hydrogen (secondary N) is 1. The van der Waals surface area contributed by atoms with Gasteiger partial charge in [0.15, 0.2) is 0 Å². The predicted octanol–water partition coefficient (Wildman–Crippen LogP) is -0.994. The van der Waals surface area contributed by atoms with Gasteiger partial charge in [0.05, 0.1) is 24.5 Å². The molecule has 2 unspecified atom stereocenters. The lowest BCUT2D eigenvalue weighted by Gasteiger charge is -2.20. The molecule has 114 valence electrons.